The van der Waals surface area contributed by atoms with Gasteiger partial charge in [0.25, 0.3) is 0 Å². The molecule has 0 bridgehead atoms. The topological polar surface area (TPSA) is 29.5 Å². The molecule has 0 aliphatic carbocycles. The van der Waals surface area contributed by atoms with E-state index in [1.165, 1.54) is 27.6 Å². The molecule has 3 heteroatoms. The van der Waals surface area contributed by atoms with Crippen LogP contribution in [-0.2, 0) is 0 Å². The number of benzene rings is 10. The zero-order chi connectivity index (χ0) is 40.3. The predicted octanol–water partition coefficient (Wildman–Crippen LogP) is 16.8. The first-order valence-electron chi connectivity index (χ1n) is 20.7. The van der Waals surface area contributed by atoms with Crippen LogP contribution >= 0.6 is 0 Å². The first-order valence-corrected chi connectivity index (χ1v) is 20.7. The van der Waals surface area contributed by atoms with Crippen molar-refractivity contribution in [3.63, 3.8) is 0 Å². The fourth-order valence-corrected chi connectivity index (χ4v) is 9.05. The van der Waals surface area contributed by atoms with Crippen molar-refractivity contribution in [3.8, 4) is 44.5 Å². The minimum atomic E-state index is 0.885. The van der Waals surface area contributed by atoms with Crippen LogP contribution in [0.5, 0.6) is 0 Å². The van der Waals surface area contributed by atoms with E-state index in [4.69, 9.17) is 8.83 Å². The van der Waals surface area contributed by atoms with E-state index in [2.05, 4.69) is 217 Å². The van der Waals surface area contributed by atoms with Crippen LogP contribution in [0.15, 0.2) is 233 Å². The summed E-state index contributed by atoms with van der Waals surface area (Å²) in [6.45, 7) is 0. The second-order valence-electron chi connectivity index (χ2n) is 15.7. The molecule has 0 spiro atoms. The largest absolute Gasteiger partial charge is 0.456 e. The number of rotatable bonds is 7. The molecule has 2 aromatic heterocycles. The smallest absolute Gasteiger partial charge is 0.143 e. The lowest BCUT2D eigenvalue weighted by Crippen LogP contribution is -2.10. The number of fused-ring (bicyclic) bond motifs is 8. The van der Waals surface area contributed by atoms with E-state index >= 15 is 0 Å². The van der Waals surface area contributed by atoms with Gasteiger partial charge < -0.3 is 13.7 Å². The van der Waals surface area contributed by atoms with E-state index in [0.717, 1.165) is 88.6 Å². The number of nitrogens with zero attached hydrogens (tertiary/aromatic N) is 1. The Morgan fingerprint density at radius 2 is 0.836 bits per heavy atom. The van der Waals surface area contributed by atoms with E-state index in [-0.39, 0.29) is 0 Å². The number of furan rings is 2. The minimum Gasteiger partial charge on any atom is -0.456 e. The maximum absolute atomic E-state index is 6.59. The Balaban J connectivity index is 0.953. The van der Waals surface area contributed by atoms with Crippen molar-refractivity contribution in [1.29, 1.82) is 0 Å². The Labute approximate surface area is 353 Å². The summed E-state index contributed by atoms with van der Waals surface area (Å²) in [5.74, 6) is 0. The number of anilines is 3. The Morgan fingerprint density at radius 3 is 1.59 bits per heavy atom. The SMILES string of the molecule is c1ccc(-c2ccc(-c3ccc(N(c4ccc(-c5ccc6oc7ccccc7c6c5)cc4)c4cccc(-c5cccc6oc7c8ccccc8ccc7c56)c4)cc3)cc2)cc1. The van der Waals surface area contributed by atoms with Crippen molar-refractivity contribution >= 4 is 71.7 Å². The van der Waals surface area contributed by atoms with Crippen molar-refractivity contribution in [2.75, 3.05) is 4.90 Å². The molecule has 12 aromatic rings. The van der Waals surface area contributed by atoms with Gasteiger partial charge in [0, 0.05) is 44.0 Å². The summed E-state index contributed by atoms with van der Waals surface area (Å²) in [4.78, 5) is 2.35. The zero-order valence-corrected chi connectivity index (χ0v) is 33.1. The summed E-state index contributed by atoms with van der Waals surface area (Å²) in [5.41, 5.74) is 16.1. The van der Waals surface area contributed by atoms with Gasteiger partial charge in [-0.2, -0.15) is 0 Å². The highest BCUT2D eigenvalue weighted by Gasteiger charge is 2.18. The summed E-state index contributed by atoms with van der Waals surface area (Å²) in [6, 6.07) is 80.0. The van der Waals surface area contributed by atoms with Gasteiger partial charge in [-0.05, 0) is 117 Å². The van der Waals surface area contributed by atoms with Crippen molar-refractivity contribution in [2.24, 2.45) is 0 Å². The van der Waals surface area contributed by atoms with E-state index in [1.54, 1.807) is 0 Å². The fraction of sp³-hybridized carbons (Fsp3) is 0. The van der Waals surface area contributed by atoms with Gasteiger partial charge in [-0.25, -0.2) is 0 Å². The molecular weight excluding hydrogens is 743 g/mol. The maximum atomic E-state index is 6.59. The lowest BCUT2D eigenvalue weighted by atomic mass is 9.97. The molecule has 286 valence electrons. The number of hydrogen-bond donors (Lipinski definition) is 0. The summed E-state index contributed by atoms with van der Waals surface area (Å²) >= 11 is 0. The van der Waals surface area contributed by atoms with Crippen LogP contribution in [0.4, 0.5) is 17.1 Å². The number of hydrogen-bond acceptors (Lipinski definition) is 3. The van der Waals surface area contributed by atoms with Gasteiger partial charge >= 0.3 is 0 Å². The van der Waals surface area contributed by atoms with Gasteiger partial charge in [0.1, 0.15) is 22.3 Å². The predicted molar refractivity (Wildman–Crippen MR) is 255 cm³/mol. The van der Waals surface area contributed by atoms with E-state index in [9.17, 15) is 0 Å². The Bertz CT molecular complexity index is 3560. The fourth-order valence-electron chi connectivity index (χ4n) is 9.05. The summed E-state index contributed by atoms with van der Waals surface area (Å²) in [6.07, 6.45) is 0. The van der Waals surface area contributed by atoms with Crippen molar-refractivity contribution in [1.82, 2.24) is 0 Å². The third kappa shape index (κ3) is 6.06. The van der Waals surface area contributed by atoms with Gasteiger partial charge in [0.05, 0.1) is 0 Å². The zero-order valence-electron chi connectivity index (χ0n) is 33.1. The van der Waals surface area contributed by atoms with Gasteiger partial charge in [0.15, 0.2) is 0 Å². The molecule has 0 saturated heterocycles. The Morgan fingerprint density at radius 1 is 0.279 bits per heavy atom. The van der Waals surface area contributed by atoms with Gasteiger partial charge in [-0.15, -0.1) is 0 Å². The number of para-hydroxylation sites is 1. The van der Waals surface area contributed by atoms with Gasteiger partial charge in [-0.3, -0.25) is 0 Å². The highest BCUT2D eigenvalue weighted by molar-refractivity contribution is 6.19. The first-order chi connectivity index (χ1) is 30.2. The van der Waals surface area contributed by atoms with Crippen LogP contribution in [0, 0.1) is 0 Å². The third-order valence-electron chi connectivity index (χ3n) is 12.1. The molecule has 0 amide bonds. The molecule has 0 aliphatic rings. The highest BCUT2D eigenvalue weighted by Crippen LogP contribution is 2.43. The van der Waals surface area contributed by atoms with Gasteiger partial charge in [0.2, 0.25) is 0 Å². The lowest BCUT2D eigenvalue weighted by Gasteiger charge is -2.26. The summed E-state index contributed by atoms with van der Waals surface area (Å²) < 4.78 is 12.7. The molecule has 0 saturated carbocycles. The quantitative estimate of drug-likeness (QED) is 0.161. The molecule has 0 N–H and O–H groups in total. The Kier molecular flexibility index (Phi) is 8.17. The van der Waals surface area contributed by atoms with Gasteiger partial charge in [-0.1, -0.05) is 158 Å². The van der Waals surface area contributed by atoms with Crippen LogP contribution in [0.1, 0.15) is 0 Å². The second kappa shape index (κ2) is 14.3. The third-order valence-corrected chi connectivity index (χ3v) is 12.1. The average Bonchev–Trinajstić information content (AvgIpc) is 3.91. The first kappa shape index (κ1) is 34.9. The molecule has 0 aliphatic heterocycles. The molecule has 61 heavy (non-hydrogen) atoms. The van der Waals surface area contributed by atoms with E-state index in [1.807, 2.05) is 12.1 Å². The molecule has 2 heterocycles. The summed E-state index contributed by atoms with van der Waals surface area (Å²) in [5, 5.41) is 6.80. The Hall–Kier alpha value is -8.14. The minimum absolute atomic E-state index is 0.885. The highest BCUT2D eigenvalue weighted by atomic mass is 16.3. The monoisotopic (exact) mass is 779 g/mol. The van der Waals surface area contributed by atoms with Crippen LogP contribution in [0.25, 0.3) is 99.2 Å². The van der Waals surface area contributed by atoms with Crippen molar-refractivity contribution in [2.45, 2.75) is 0 Å². The maximum Gasteiger partial charge on any atom is 0.143 e. The second-order valence-corrected chi connectivity index (χ2v) is 15.7. The molecule has 0 radical (unpaired) electrons. The molecule has 0 unspecified atom stereocenters. The van der Waals surface area contributed by atoms with Crippen molar-refractivity contribution < 1.29 is 8.83 Å². The molecule has 3 nitrogen and oxygen atoms in total. The average molecular weight is 780 g/mol. The molecule has 10 aromatic carbocycles. The van der Waals surface area contributed by atoms with Crippen LogP contribution in [0.3, 0.4) is 0 Å². The molecule has 0 atom stereocenters. The normalized spacial score (nSPS) is 11.6. The van der Waals surface area contributed by atoms with Crippen LogP contribution in [0.2, 0.25) is 0 Å². The van der Waals surface area contributed by atoms with E-state index < -0.39 is 0 Å². The molecular formula is C58H37NO2. The molecule has 0 fully saturated rings. The van der Waals surface area contributed by atoms with Crippen molar-refractivity contribution in [3.05, 3.63) is 224 Å². The van der Waals surface area contributed by atoms with Crippen LogP contribution < -0.4 is 4.90 Å². The molecule has 12 rings (SSSR count). The lowest BCUT2D eigenvalue weighted by molar-refractivity contribution is 0.669. The van der Waals surface area contributed by atoms with Crippen LogP contribution in [-0.4, -0.2) is 0 Å². The summed E-state index contributed by atoms with van der Waals surface area (Å²) in [7, 11) is 0. The van der Waals surface area contributed by atoms with E-state index in [0.29, 0.717) is 0 Å². The standard InChI is InChI=1S/C58H37NO2/c1-2-10-38(11-3-1)39-20-22-40(23-21-39)41-24-30-46(31-25-41)59(47-32-26-42(27-33-47)44-29-35-55-53(37-44)51-16-6-7-18-54(51)60-55)48-14-8-13-45(36-48)49-17-9-19-56-57(49)52-34-28-43-12-4-5-15-50(43)58(52)61-56/h1-37H.